The third kappa shape index (κ3) is 7.95. The lowest BCUT2D eigenvalue weighted by molar-refractivity contribution is -0.136. The third-order valence-electron chi connectivity index (χ3n) is 5.56. The molecule has 0 atom stereocenters. The number of hydrogen-bond donors (Lipinski definition) is 1. The van der Waals surface area contributed by atoms with Gasteiger partial charge in [0.2, 0.25) is 0 Å². The number of hydrogen-bond acceptors (Lipinski definition) is 3. The summed E-state index contributed by atoms with van der Waals surface area (Å²) in [6.45, 7) is 7.08. The van der Waals surface area contributed by atoms with Crippen molar-refractivity contribution < 1.29 is 19.4 Å². The number of ether oxygens (including phenoxy) is 2. The predicted octanol–water partition coefficient (Wildman–Crippen LogP) is 7.43. The van der Waals surface area contributed by atoms with E-state index in [1.54, 1.807) is 7.11 Å². The molecule has 0 aromatic heterocycles. The van der Waals surface area contributed by atoms with E-state index in [2.05, 4.69) is 51.1 Å². The number of carboxylic acid groups (broad SMARTS) is 1. The van der Waals surface area contributed by atoms with Gasteiger partial charge in [-0.25, -0.2) is 0 Å². The van der Waals surface area contributed by atoms with Crippen molar-refractivity contribution in [3.63, 3.8) is 0 Å². The van der Waals surface area contributed by atoms with E-state index in [-0.39, 0.29) is 11.8 Å². The molecule has 4 rings (SSSR count). The predicted molar refractivity (Wildman–Crippen MR) is 138 cm³/mol. The Morgan fingerprint density at radius 3 is 2.24 bits per heavy atom. The molecule has 0 amide bonds. The number of benzene rings is 3. The van der Waals surface area contributed by atoms with Gasteiger partial charge in [0.05, 0.1) is 7.11 Å². The summed E-state index contributed by atoms with van der Waals surface area (Å²) in [5.41, 5.74) is 5.58. The Hall–Kier alpha value is -3.27. The summed E-state index contributed by atoms with van der Waals surface area (Å²) in [5.74, 6) is 0.793. The summed E-state index contributed by atoms with van der Waals surface area (Å²) in [4.78, 5) is 10.8. The molecular weight excluding hydrogens is 424 g/mol. The van der Waals surface area contributed by atoms with Gasteiger partial charge < -0.3 is 14.6 Å². The number of rotatable bonds is 8. The minimum atomic E-state index is -0.794. The van der Waals surface area contributed by atoms with Crippen LogP contribution < -0.4 is 9.47 Å². The molecule has 1 saturated carbocycles. The molecule has 4 nitrogen and oxygen atoms in total. The van der Waals surface area contributed by atoms with Crippen molar-refractivity contribution in [3.05, 3.63) is 83.4 Å². The highest BCUT2D eigenvalue weighted by Crippen LogP contribution is 2.35. The summed E-state index contributed by atoms with van der Waals surface area (Å²) in [5, 5.41) is 8.88. The van der Waals surface area contributed by atoms with Crippen LogP contribution >= 0.6 is 0 Å². The standard InChI is InChI=1S/C27H30O4.C3H6/c1-27(2,3)25-16-20(11-13-24(25)21-8-6-9-22(17-21)30-4)18-31-23-10-5-7-19(15-23)12-14-26(28)29;1-2-3-1/h5-11,13,15-17H,12,14,18H2,1-4H3,(H,28,29);1-3H2. The maximum Gasteiger partial charge on any atom is 0.303 e. The van der Waals surface area contributed by atoms with Crippen LogP contribution in [-0.2, 0) is 23.2 Å². The molecule has 0 saturated heterocycles. The highest BCUT2D eigenvalue weighted by molar-refractivity contribution is 5.70. The van der Waals surface area contributed by atoms with Crippen LogP contribution in [0.1, 0.15) is 63.1 Å². The highest BCUT2D eigenvalue weighted by atomic mass is 16.5. The zero-order valence-electron chi connectivity index (χ0n) is 20.8. The van der Waals surface area contributed by atoms with E-state index in [0.29, 0.717) is 13.0 Å². The first-order valence-electron chi connectivity index (χ1n) is 12.0. The molecule has 0 bridgehead atoms. The number of carbonyl (C=O) groups is 1. The molecule has 180 valence electrons. The number of methoxy groups -OCH3 is 1. The van der Waals surface area contributed by atoms with Crippen LogP contribution in [0.2, 0.25) is 0 Å². The maximum absolute atomic E-state index is 10.8. The highest BCUT2D eigenvalue weighted by Gasteiger charge is 2.20. The summed E-state index contributed by atoms with van der Waals surface area (Å²) in [6, 6.07) is 22.2. The fraction of sp³-hybridized carbons (Fsp3) is 0.367. The first kappa shape index (κ1) is 25.4. The van der Waals surface area contributed by atoms with Crippen molar-refractivity contribution in [1.82, 2.24) is 0 Å². The van der Waals surface area contributed by atoms with Crippen molar-refractivity contribution in [1.29, 1.82) is 0 Å². The van der Waals surface area contributed by atoms with E-state index in [4.69, 9.17) is 14.6 Å². The molecule has 0 spiro atoms. The summed E-state index contributed by atoms with van der Waals surface area (Å²) in [6.07, 6.45) is 5.11. The molecular formula is C30H36O4. The molecule has 0 heterocycles. The minimum absolute atomic E-state index is 0.0365. The fourth-order valence-corrected chi connectivity index (χ4v) is 3.55. The molecule has 4 heteroatoms. The smallest absolute Gasteiger partial charge is 0.303 e. The van der Waals surface area contributed by atoms with Gasteiger partial charge in [-0.15, -0.1) is 0 Å². The second-order valence-electron chi connectivity index (χ2n) is 9.75. The van der Waals surface area contributed by atoms with Gasteiger partial charge in [-0.2, -0.15) is 0 Å². The zero-order valence-corrected chi connectivity index (χ0v) is 20.8. The SMILES string of the molecule is C1CC1.COc1cccc(-c2ccc(COc3cccc(CCC(=O)O)c3)cc2C(C)(C)C)c1. The largest absolute Gasteiger partial charge is 0.497 e. The number of aliphatic carboxylic acids is 1. The van der Waals surface area contributed by atoms with E-state index >= 15 is 0 Å². The Bertz CT molecular complexity index is 1090. The second kappa shape index (κ2) is 11.7. The molecule has 0 unspecified atom stereocenters. The Kier molecular flexibility index (Phi) is 8.75. The first-order chi connectivity index (χ1) is 16.3. The summed E-state index contributed by atoms with van der Waals surface area (Å²) < 4.78 is 11.4. The van der Waals surface area contributed by atoms with Gasteiger partial charge in [0.1, 0.15) is 18.1 Å². The van der Waals surface area contributed by atoms with Crippen molar-refractivity contribution >= 4 is 5.97 Å². The van der Waals surface area contributed by atoms with Crippen molar-refractivity contribution in [2.45, 2.75) is 64.9 Å². The minimum Gasteiger partial charge on any atom is -0.497 e. The normalized spacial score (nSPS) is 12.4. The van der Waals surface area contributed by atoms with E-state index in [9.17, 15) is 4.79 Å². The molecule has 34 heavy (non-hydrogen) atoms. The van der Waals surface area contributed by atoms with Gasteiger partial charge in [-0.1, -0.05) is 82.5 Å². The Morgan fingerprint density at radius 2 is 1.59 bits per heavy atom. The molecule has 0 aliphatic heterocycles. The van der Waals surface area contributed by atoms with Gasteiger partial charge in [0, 0.05) is 6.42 Å². The Labute approximate surface area is 203 Å². The van der Waals surface area contributed by atoms with Crippen LogP contribution in [-0.4, -0.2) is 18.2 Å². The molecule has 3 aromatic rings. The fourth-order valence-electron chi connectivity index (χ4n) is 3.55. The lowest BCUT2D eigenvalue weighted by Gasteiger charge is -2.24. The Balaban J connectivity index is 0.000000999. The van der Waals surface area contributed by atoms with Crippen LogP contribution in [0.15, 0.2) is 66.7 Å². The van der Waals surface area contributed by atoms with Crippen LogP contribution in [0.3, 0.4) is 0 Å². The molecule has 1 aliphatic carbocycles. The van der Waals surface area contributed by atoms with Crippen molar-refractivity contribution in [2.24, 2.45) is 0 Å². The van der Waals surface area contributed by atoms with E-state index in [1.807, 2.05) is 36.4 Å². The van der Waals surface area contributed by atoms with Gasteiger partial charge in [-0.05, 0) is 63.9 Å². The van der Waals surface area contributed by atoms with Crippen LogP contribution in [0, 0.1) is 0 Å². The van der Waals surface area contributed by atoms with Gasteiger partial charge >= 0.3 is 5.97 Å². The molecule has 1 fully saturated rings. The van der Waals surface area contributed by atoms with E-state index in [0.717, 1.165) is 28.2 Å². The lowest BCUT2D eigenvalue weighted by Crippen LogP contribution is -2.13. The van der Waals surface area contributed by atoms with Crippen molar-refractivity contribution in [3.8, 4) is 22.6 Å². The van der Waals surface area contributed by atoms with Crippen molar-refractivity contribution in [2.75, 3.05) is 7.11 Å². The number of carboxylic acids is 1. The van der Waals surface area contributed by atoms with Crippen LogP contribution in [0.5, 0.6) is 11.5 Å². The average molecular weight is 461 g/mol. The topological polar surface area (TPSA) is 55.8 Å². The molecule has 3 aromatic carbocycles. The maximum atomic E-state index is 10.8. The average Bonchev–Trinajstić information content (AvgIpc) is 3.71. The first-order valence-corrected chi connectivity index (χ1v) is 12.0. The number of aryl methyl sites for hydroxylation is 1. The summed E-state index contributed by atoms with van der Waals surface area (Å²) >= 11 is 0. The Morgan fingerprint density at radius 1 is 0.882 bits per heavy atom. The third-order valence-corrected chi connectivity index (χ3v) is 5.56. The van der Waals surface area contributed by atoms with E-state index < -0.39 is 5.97 Å². The van der Waals surface area contributed by atoms with Gasteiger partial charge in [0.25, 0.3) is 0 Å². The van der Waals surface area contributed by atoms with Gasteiger partial charge in [0.15, 0.2) is 0 Å². The second-order valence-corrected chi connectivity index (χ2v) is 9.75. The summed E-state index contributed by atoms with van der Waals surface area (Å²) in [7, 11) is 1.68. The lowest BCUT2D eigenvalue weighted by atomic mass is 9.81. The van der Waals surface area contributed by atoms with E-state index in [1.165, 1.54) is 30.4 Å². The molecule has 1 aliphatic rings. The quantitative estimate of drug-likeness (QED) is 0.380. The molecule has 0 radical (unpaired) electrons. The zero-order chi connectivity index (χ0) is 24.6. The van der Waals surface area contributed by atoms with Crippen LogP contribution in [0.4, 0.5) is 0 Å². The van der Waals surface area contributed by atoms with Gasteiger partial charge in [-0.3, -0.25) is 4.79 Å². The molecule has 1 N–H and O–H groups in total. The van der Waals surface area contributed by atoms with Crippen LogP contribution in [0.25, 0.3) is 11.1 Å². The monoisotopic (exact) mass is 460 g/mol.